The van der Waals surface area contributed by atoms with Crippen LogP contribution in [0, 0.1) is 0 Å². The number of nitrogens with two attached hydrogens (primary N) is 1. The lowest BCUT2D eigenvalue weighted by Crippen LogP contribution is -2.57. The topological polar surface area (TPSA) is 38.5 Å². The fourth-order valence-corrected chi connectivity index (χ4v) is 4.45. The number of hydrogen-bond donors (Lipinski definition) is 1. The van der Waals surface area contributed by atoms with Crippen LogP contribution in [0.25, 0.3) is 0 Å². The summed E-state index contributed by atoms with van der Waals surface area (Å²) in [4.78, 5) is 2.62. The predicted octanol–water partition coefficient (Wildman–Crippen LogP) is 1.32. The van der Waals surface area contributed by atoms with Crippen LogP contribution in [0.15, 0.2) is 0 Å². The van der Waals surface area contributed by atoms with Gasteiger partial charge in [-0.3, -0.25) is 4.90 Å². The molecule has 4 heteroatoms. The van der Waals surface area contributed by atoms with Crippen LogP contribution in [0.4, 0.5) is 0 Å². The molecule has 0 aromatic heterocycles. The summed E-state index contributed by atoms with van der Waals surface area (Å²) >= 11 is 2.08. The van der Waals surface area contributed by atoms with E-state index in [1.165, 1.54) is 12.2 Å². The van der Waals surface area contributed by atoms with Gasteiger partial charge in [0.15, 0.2) is 0 Å². The van der Waals surface area contributed by atoms with E-state index in [-0.39, 0.29) is 5.54 Å². The summed E-state index contributed by atoms with van der Waals surface area (Å²) in [6, 6.07) is 0. The molecule has 2 saturated heterocycles. The third-order valence-electron chi connectivity index (χ3n) is 4.13. The van der Waals surface area contributed by atoms with Crippen LogP contribution in [0.3, 0.4) is 0 Å². The average Bonchev–Trinajstić information content (AvgIpc) is 2.72. The van der Waals surface area contributed by atoms with Crippen molar-refractivity contribution in [3.8, 4) is 0 Å². The van der Waals surface area contributed by atoms with Crippen molar-refractivity contribution in [2.75, 3.05) is 32.5 Å². The zero-order chi connectivity index (χ0) is 11.6. The van der Waals surface area contributed by atoms with Gasteiger partial charge in [0.1, 0.15) is 0 Å². The lowest BCUT2D eigenvalue weighted by atomic mass is 9.91. The van der Waals surface area contributed by atoms with E-state index >= 15 is 0 Å². The van der Waals surface area contributed by atoms with E-state index in [9.17, 15) is 0 Å². The van der Waals surface area contributed by atoms with Crippen molar-refractivity contribution >= 4 is 11.8 Å². The number of methoxy groups -OCH3 is 1. The standard InChI is InChI=1S/C12H24N2OS/c1-10-7-12(8-13,9-16-10)14-5-3-11(15-2)4-6-14/h10-11H,3-9,13H2,1-2H3. The number of ether oxygens (including phenoxy) is 1. The lowest BCUT2D eigenvalue weighted by Gasteiger charge is -2.44. The van der Waals surface area contributed by atoms with Crippen molar-refractivity contribution in [2.24, 2.45) is 5.73 Å². The molecule has 0 spiro atoms. The van der Waals surface area contributed by atoms with Crippen LogP contribution in [0.1, 0.15) is 26.2 Å². The molecule has 0 aromatic carbocycles. The van der Waals surface area contributed by atoms with E-state index in [0.29, 0.717) is 6.10 Å². The fourth-order valence-electron chi connectivity index (χ4n) is 3.01. The van der Waals surface area contributed by atoms with E-state index in [1.807, 2.05) is 7.11 Å². The number of likely N-dealkylation sites (tertiary alicyclic amines) is 1. The largest absolute Gasteiger partial charge is 0.381 e. The highest BCUT2D eigenvalue weighted by Crippen LogP contribution is 2.39. The maximum atomic E-state index is 6.04. The highest BCUT2D eigenvalue weighted by Gasteiger charge is 2.42. The van der Waals surface area contributed by atoms with Gasteiger partial charge in [-0.1, -0.05) is 6.92 Å². The molecule has 16 heavy (non-hydrogen) atoms. The molecule has 2 unspecified atom stereocenters. The summed E-state index contributed by atoms with van der Waals surface area (Å²) in [6.45, 7) is 5.44. The van der Waals surface area contributed by atoms with Gasteiger partial charge >= 0.3 is 0 Å². The van der Waals surface area contributed by atoms with Crippen LogP contribution >= 0.6 is 11.8 Å². The van der Waals surface area contributed by atoms with E-state index in [4.69, 9.17) is 10.5 Å². The smallest absolute Gasteiger partial charge is 0.0595 e. The minimum absolute atomic E-state index is 0.281. The zero-order valence-electron chi connectivity index (χ0n) is 10.4. The third-order valence-corrected chi connectivity index (χ3v) is 5.57. The van der Waals surface area contributed by atoms with E-state index in [1.54, 1.807) is 0 Å². The van der Waals surface area contributed by atoms with E-state index < -0.39 is 0 Å². The molecule has 2 fully saturated rings. The van der Waals surface area contributed by atoms with Gasteiger partial charge in [0, 0.05) is 43.3 Å². The van der Waals surface area contributed by atoms with Crippen LogP contribution < -0.4 is 5.73 Å². The van der Waals surface area contributed by atoms with Crippen molar-refractivity contribution in [1.82, 2.24) is 4.90 Å². The van der Waals surface area contributed by atoms with Gasteiger partial charge < -0.3 is 10.5 Å². The summed E-state index contributed by atoms with van der Waals surface area (Å²) in [5, 5.41) is 0.767. The molecule has 0 bridgehead atoms. The molecule has 2 heterocycles. The lowest BCUT2D eigenvalue weighted by molar-refractivity contribution is 0.00474. The first-order chi connectivity index (χ1) is 7.70. The highest BCUT2D eigenvalue weighted by atomic mass is 32.2. The normalized spacial score (nSPS) is 38.1. The summed E-state index contributed by atoms with van der Waals surface area (Å²) < 4.78 is 5.43. The van der Waals surface area contributed by atoms with Crippen molar-refractivity contribution in [3.05, 3.63) is 0 Å². The Labute approximate surface area is 103 Å². The molecule has 0 radical (unpaired) electrons. The molecule has 2 aliphatic heterocycles. The van der Waals surface area contributed by atoms with Crippen LogP contribution in [0.5, 0.6) is 0 Å². The van der Waals surface area contributed by atoms with Gasteiger partial charge in [0.25, 0.3) is 0 Å². The first kappa shape index (κ1) is 12.7. The Bertz CT molecular complexity index is 231. The molecule has 2 rings (SSSR count). The maximum absolute atomic E-state index is 6.04. The molecular weight excluding hydrogens is 220 g/mol. The molecule has 2 N–H and O–H groups in total. The van der Waals surface area contributed by atoms with Crippen molar-refractivity contribution < 1.29 is 4.74 Å². The Morgan fingerprint density at radius 1 is 1.44 bits per heavy atom. The van der Waals surface area contributed by atoms with Crippen LogP contribution in [-0.4, -0.2) is 54.3 Å². The third kappa shape index (κ3) is 2.40. The highest BCUT2D eigenvalue weighted by molar-refractivity contribution is 8.00. The van der Waals surface area contributed by atoms with Gasteiger partial charge in [-0.15, -0.1) is 0 Å². The van der Waals surface area contributed by atoms with Crippen LogP contribution in [-0.2, 0) is 4.74 Å². The second-order valence-electron chi connectivity index (χ2n) is 5.18. The first-order valence-corrected chi connectivity index (χ1v) is 7.34. The summed E-state index contributed by atoms with van der Waals surface area (Å²) in [6.07, 6.45) is 4.05. The molecule has 0 saturated carbocycles. The average molecular weight is 244 g/mol. The Hall–Kier alpha value is 0.230. The Morgan fingerprint density at radius 2 is 2.12 bits per heavy atom. The van der Waals surface area contributed by atoms with Gasteiger partial charge in [0.05, 0.1) is 6.10 Å². The van der Waals surface area contributed by atoms with Crippen molar-refractivity contribution in [3.63, 3.8) is 0 Å². The zero-order valence-corrected chi connectivity index (χ0v) is 11.3. The number of rotatable bonds is 3. The fraction of sp³-hybridized carbons (Fsp3) is 1.00. The molecule has 3 nitrogen and oxygen atoms in total. The number of hydrogen-bond acceptors (Lipinski definition) is 4. The quantitative estimate of drug-likeness (QED) is 0.812. The van der Waals surface area contributed by atoms with Gasteiger partial charge in [0.2, 0.25) is 0 Å². The van der Waals surface area contributed by atoms with E-state index in [0.717, 1.165) is 37.7 Å². The summed E-state index contributed by atoms with van der Waals surface area (Å²) in [5.74, 6) is 1.21. The minimum Gasteiger partial charge on any atom is -0.381 e. The second kappa shape index (κ2) is 5.25. The van der Waals surface area contributed by atoms with Crippen molar-refractivity contribution in [2.45, 2.75) is 43.1 Å². The van der Waals surface area contributed by atoms with Crippen LogP contribution in [0.2, 0.25) is 0 Å². The molecule has 2 atom stereocenters. The molecule has 0 aliphatic carbocycles. The molecule has 2 aliphatic rings. The molecular formula is C12H24N2OS. The maximum Gasteiger partial charge on any atom is 0.0595 e. The number of piperidine rings is 1. The number of nitrogens with zero attached hydrogens (tertiary/aromatic N) is 1. The number of thioether (sulfide) groups is 1. The molecule has 0 aromatic rings. The Morgan fingerprint density at radius 3 is 2.56 bits per heavy atom. The monoisotopic (exact) mass is 244 g/mol. The molecule has 94 valence electrons. The first-order valence-electron chi connectivity index (χ1n) is 6.30. The Kier molecular flexibility index (Phi) is 4.16. The Balaban J connectivity index is 1.96. The van der Waals surface area contributed by atoms with E-state index in [2.05, 4.69) is 23.6 Å². The van der Waals surface area contributed by atoms with Gasteiger partial charge in [-0.05, 0) is 19.3 Å². The minimum atomic E-state index is 0.281. The second-order valence-corrected chi connectivity index (χ2v) is 6.60. The predicted molar refractivity (Wildman–Crippen MR) is 69.9 cm³/mol. The van der Waals surface area contributed by atoms with Crippen molar-refractivity contribution in [1.29, 1.82) is 0 Å². The van der Waals surface area contributed by atoms with Gasteiger partial charge in [-0.2, -0.15) is 11.8 Å². The SMILES string of the molecule is COC1CCN(C2(CN)CSC(C)C2)CC1. The summed E-state index contributed by atoms with van der Waals surface area (Å²) in [5.41, 5.74) is 6.32. The van der Waals surface area contributed by atoms with Gasteiger partial charge in [-0.25, -0.2) is 0 Å². The summed E-state index contributed by atoms with van der Waals surface area (Å²) in [7, 11) is 1.83. The molecule has 0 amide bonds.